The van der Waals surface area contributed by atoms with E-state index in [4.69, 9.17) is 0 Å². The Hall–Kier alpha value is -1.66. The molecule has 1 spiro atoms. The summed E-state index contributed by atoms with van der Waals surface area (Å²) >= 11 is 3.48. The first kappa shape index (κ1) is 14.0. The van der Waals surface area contributed by atoms with Gasteiger partial charge in [0.15, 0.2) is 5.54 Å². The molecule has 6 heteroatoms. The van der Waals surface area contributed by atoms with Gasteiger partial charge in [0.1, 0.15) is 0 Å². The fourth-order valence-corrected chi connectivity index (χ4v) is 4.40. The van der Waals surface area contributed by atoms with Crippen LogP contribution >= 0.6 is 15.9 Å². The van der Waals surface area contributed by atoms with Gasteiger partial charge in [-0.05, 0) is 31.0 Å². The van der Waals surface area contributed by atoms with Crippen LogP contribution in [0.2, 0.25) is 0 Å². The number of fused-ring (bicyclic) bond motifs is 4. The van der Waals surface area contributed by atoms with Crippen molar-refractivity contribution in [3.63, 3.8) is 0 Å². The SMILES string of the molecule is CNC(=O)C1=CC2CCCN2[C@]12C(=O)Nc1ccc(Br)cc12. The summed E-state index contributed by atoms with van der Waals surface area (Å²) < 4.78 is 0.904. The van der Waals surface area contributed by atoms with E-state index in [9.17, 15) is 9.59 Å². The quantitative estimate of drug-likeness (QED) is 0.800. The molecule has 0 aromatic heterocycles. The van der Waals surface area contributed by atoms with Crippen LogP contribution in [-0.2, 0) is 15.1 Å². The maximum Gasteiger partial charge on any atom is 0.254 e. The van der Waals surface area contributed by atoms with E-state index in [0.29, 0.717) is 5.57 Å². The maximum atomic E-state index is 13.0. The van der Waals surface area contributed by atoms with Crippen LogP contribution in [0.4, 0.5) is 5.69 Å². The minimum atomic E-state index is -0.986. The Morgan fingerprint density at radius 2 is 2.32 bits per heavy atom. The number of nitrogens with one attached hydrogen (secondary N) is 2. The fraction of sp³-hybridized carbons (Fsp3) is 0.375. The molecule has 2 N–H and O–H groups in total. The molecule has 3 heterocycles. The third-order valence-corrected chi connectivity index (χ3v) is 5.39. The summed E-state index contributed by atoms with van der Waals surface area (Å²) in [4.78, 5) is 27.6. The number of nitrogens with zero attached hydrogens (tertiary/aromatic N) is 1. The van der Waals surface area contributed by atoms with Gasteiger partial charge in [-0.2, -0.15) is 0 Å². The number of amides is 2. The van der Waals surface area contributed by atoms with Crippen molar-refractivity contribution in [1.29, 1.82) is 0 Å². The molecule has 0 bridgehead atoms. The van der Waals surface area contributed by atoms with Gasteiger partial charge in [-0.25, -0.2) is 0 Å². The van der Waals surface area contributed by atoms with E-state index >= 15 is 0 Å². The molecule has 2 amide bonds. The second kappa shape index (κ2) is 4.67. The van der Waals surface area contributed by atoms with Crippen molar-refractivity contribution in [1.82, 2.24) is 10.2 Å². The van der Waals surface area contributed by atoms with Crippen LogP contribution in [0.25, 0.3) is 0 Å². The number of hydrogen-bond donors (Lipinski definition) is 2. The summed E-state index contributed by atoms with van der Waals surface area (Å²) in [5, 5.41) is 5.64. The average Bonchev–Trinajstić information content (AvgIpc) is 3.14. The molecule has 1 unspecified atom stereocenters. The summed E-state index contributed by atoms with van der Waals surface area (Å²) in [6.07, 6.45) is 4.00. The Labute approximate surface area is 136 Å². The Bertz CT molecular complexity index is 730. The molecule has 114 valence electrons. The number of likely N-dealkylation sites (N-methyl/N-ethyl adjacent to an activating group) is 1. The molecule has 5 nitrogen and oxygen atoms in total. The third kappa shape index (κ3) is 1.57. The zero-order valence-corrected chi connectivity index (χ0v) is 13.7. The zero-order valence-electron chi connectivity index (χ0n) is 12.1. The predicted molar refractivity (Wildman–Crippen MR) is 86.3 cm³/mol. The van der Waals surface area contributed by atoms with Crippen LogP contribution in [0.15, 0.2) is 34.3 Å². The van der Waals surface area contributed by atoms with Gasteiger partial charge in [-0.3, -0.25) is 14.5 Å². The van der Waals surface area contributed by atoms with Crippen LogP contribution in [0.1, 0.15) is 18.4 Å². The van der Waals surface area contributed by atoms with Crippen molar-refractivity contribution in [3.05, 3.63) is 39.9 Å². The normalized spacial score (nSPS) is 29.3. The van der Waals surface area contributed by atoms with Gasteiger partial charge in [-0.1, -0.05) is 22.0 Å². The number of anilines is 1. The first-order chi connectivity index (χ1) is 10.6. The van der Waals surface area contributed by atoms with Crippen molar-refractivity contribution in [2.75, 3.05) is 18.9 Å². The summed E-state index contributed by atoms with van der Waals surface area (Å²) in [6.45, 7) is 0.820. The highest BCUT2D eigenvalue weighted by molar-refractivity contribution is 9.10. The summed E-state index contributed by atoms with van der Waals surface area (Å²) in [5.41, 5.74) is 1.22. The molecule has 4 rings (SSSR count). The standard InChI is InChI=1S/C16H16BrN3O2/c1-18-14(21)12-8-10-3-2-6-20(10)16(12)11-7-9(17)4-5-13(11)19-15(16)22/h4-5,7-8,10H,2-3,6H2,1H3,(H,18,21)(H,19,22)/t10?,16-/m0/s1. The van der Waals surface area contributed by atoms with Crippen LogP contribution < -0.4 is 10.6 Å². The topological polar surface area (TPSA) is 61.4 Å². The Morgan fingerprint density at radius 3 is 3.09 bits per heavy atom. The monoisotopic (exact) mass is 361 g/mol. The van der Waals surface area contributed by atoms with Crippen molar-refractivity contribution in [3.8, 4) is 0 Å². The van der Waals surface area contributed by atoms with E-state index < -0.39 is 5.54 Å². The van der Waals surface area contributed by atoms with Crippen molar-refractivity contribution >= 4 is 33.4 Å². The molecule has 1 fully saturated rings. The number of hydrogen-bond acceptors (Lipinski definition) is 3. The van der Waals surface area contributed by atoms with Crippen molar-refractivity contribution in [2.45, 2.75) is 24.4 Å². The highest BCUT2D eigenvalue weighted by atomic mass is 79.9. The lowest BCUT2D eigenvalue weighted by Crippen LogP contribution is -2.52. The Balaban J connectivity index is 1.98. The third-order valence-electron chi connectivity index (χ3n) is 4.90. The molecule has 1 aromatic rings. The average molecular weight is 362 g/mol. The van der Waals surface area contributed by atoms with Crippen LogP contribution in [0.5, 0.6) is 0 Å². The molecular weight excluding hydrogens is 346 g/mol. The first-order valence-corrected chi connectivity index (χ1v) is 8.21. The molecule has 3 aliphatic heterocycles. The van der Waals surface area contributed by atoms with E-state index in [0.717, 1.165) is 35.1 Å². The van der Waals surface area contributed by atoms with Gasteiger partial charge in [0.2, 0.25) is 5.91 Å². The molecule has 22 heavy (non-hydrogen) atoms. The van der Waals surface area contributed by atoms with Gasteiger partial charge >= 0.3 is 0 Å². The van der Waals surface area contributed by atoms with Crippen LogP contribution in [0, 0.1) is 0 Å². The second-order valence-corrected chi connectivity index (χ2v) is 6.83. The second-order valence-electron chi connectivity index (χ2n) is 5.92. The molecule has 0 aliphatic carbocycles. The van der Waals surface area contributed by atoms with E-state index in [1.807, 2.05) is 24.3 Å². The summed E-state index contributed by atoms with van der Waals surface area (Å²) in [7, 11) is 1.61. The Morgan fingerprint density at radius 1 is 1.50 bits per heavy atom. The molecule has 1 aromatic carbocycles. The Kier molecular flexibility index (Phi) is 2.96. The van der Waals surface area contributed by atoms with Crippen molar-refractivity contribution in [2.24, 2.45) is 0 Å². The van der Waals surface area contributed by atoms with Gasteiger partial charge in [0.05, 0.1) is 0 Å². The fourth-order valence-electron chi connectivity index (χ4n) is 4.04. The lowest BCUT2D eigenvalue weighted by atomic mass is 9.83. The molecular formula is C16H16BrN3O2. The molecule has 0 radical (unpaired) electrons. The molecule has 2 atom stereocenters. The van der Waals surface area contributed by atoms with Crippen molar-refractivity contribution < 1.29 is 9.59 Å². The lowest BCUT2D eigenvalue weighted by Gasteiger charge is -2.35. The number of halogens is 1. The van der Waals surface area contributed by atoms with Crippen LogP contribution in [0.3, 0.4) is 0 Å². The van der Waals surface area contributed by atoms with E-state index in [-0.39, 0.29) is 17.9 Å². The van der Waals surface area contributed by atoms with Crippen LogP contribution in [-0.4, -0.2) is 36.3 Å². The zero-order chi connectivity index (χ0) is 15.5. The molecule has 1 saturated heterocycles. The summed E-state index contributed by atoms with van der Waals surface area (Å²) in [6, 6.07) is 5.89. The van der Waals surface area contributed by atoms with Gasteiger partial charge in [0, 0.05) is 40.9 Å². The van der Waals surface area contributed by atoms with E-state index in [2.05, 4.69) is 31.5 Å². The highest BCUT2D eigenvalue weighted by Crippen LogP contribution is 2.52. The maximum absolute atomic E-state index is 13.0. The number of carbonyl (C=O) groups is 2. The van der Waals surface area contributed by atoms with Gasteiger partial charge < -0.3 is 10.6 Å². The van der Waals surface area contributed by atoms with E-state index in [1.54, 1.807) is 7.05 Å². The number of benzene rings is 1. The summed E-state index contributed by atoms with van der Waals surface area (Å²) in [5.74, 6) is -0.308. The minimum Gasteiger partial charge on any atom is -0.355 e. The molecule has 3 aliphatic rings. The molecule has 0 saturated carbocycles. The van der Waals surface area contributed by atoms with E-state index in [1.165, 1.54) is 0 Å². The smallest absolute Gasteiger partial charge is 0.254 e. The predicted octanol–water partition coefficient (Wildman–Crippen LogP) is 1.75. The highest BCUT2D eigenvalue weighted by Gasteiger charge is 2.61. The number of rotatable bonds is 1. The lowest BCUT2D eigenvalue weighted by molar-refractivity contribution is -0.128. The largest absolute Gasteiger partial charge is 0.355 e. The van der Waals surface area contributed by atoms with Gasteiger partial charge in [0.25, 0.3) is 5.91 Å². The number of carbonyl (C=O) groups excluding carboxylic acids is 2. The first-order valence-electron chi connectivity index (χ1n) is 7.41. The van der Waals surface area contributed by atoms with Gasteiger partial charge in [-0.15, -0.1) is 0 Å². The minimum absolute atomic E-state index is 0.125.